The highest BCUT2D eigenvalue weighted by Crippen LogP contribution is 2.28. The first-order valence-corrected chi connectivity index (χ1v) is 9.45. The molecule has 2 rings (SSSR count). The summed E-state index contributed by atoms with van der Waals surface area (Å²) < 4.78 is 15.9. The van der Waals surface area contributed by atoms with Crippen LogP contribution in [0.25, 0.3) is 6.08 Å². The van der Waals surface area contributed by atoms with Gasteiger partial charge in [-0.05, 0) is 56.7 Å². The summed E-state index contributed by atoms with van der Waals surface area (Å²) in [5.74, 6) is -0.114. The van der Waals surface area contributed by atoms with Crippen LogP contribution in [0.15, 0.2) is 48.5 Å². The van der Waals surface area contributed by atoms with Gasteiger partial charge in [0.1, 0.15) is 0 Å². The lowest BCUT2D eigenvalue weighted by molar-refractivity contribution is -0.148. The second-order valence-electron chi connectivity index (χ2n) is 6.38. The second-order valence-corrected chi connectivity index (χ2v) is 6.38. The number of carbonyl (C=O) groups excluding carboxylic acids is 3. The van der Waals surface area contributed by atoms with E-state index in [2.05, 4.69) is 5.32 Å². The Bertz CT molecular complexity index is 950. The molecule has 2 aromatic carbocycles. The van der Waals surface area contributed by atoms with Crippen molar-refractivity contribution in [2.75, 3.05) is 19.0 Å². The van der Waals surface area contributed by atoms with Crippen molar-refractivity contribution in [2.45, 2.75) is 26.9 Å². The van der Waals surface area contributed by atoms with Crippen LogP contribution in [0.1, 0.15) is 36.7 Å². The van der Waals surface area contributed by atoms with Crippen molar-refractivity contribution in [2.24, 2.45) is 0 Å². The number of benzene rings is 2. The molecule has 0 fully saturated rings. The van der Waals surface area contributed by atoms with Gasteiger partial charge in [-0.15, -0.1) is 0 Å². The van der Waals surface area contributed by atoms with Crippen molar-refractivity contribution in [3.8, 4) is 11.5 Å². The maximum atomic E-state index is 12.3. The van der Waals surface area contributed by atoms with Gasteiger partial charge in [0.2, 0.25) is 0 Å². The Labute approximate surface area is 175 Å². The van der Waals surface area contributed by atoms with Gasteiger partial charge in [0.15, 0.2) is 23.4 Å². The fourth-order valence-corrected chi connectivity index (χ4v) is 2.55. The lowest BCUT2D eigenvalue weighted by atomic mass is 10.1. The van der Waals surface area contributed by atoms with Gasteiger partial charge in [-0.1, -0.05) is 18.2 Å². The summed E-state index contributed by atoms with van der Waals surface area (Å²) in [5, 5.41) is 2.63. The highest BCUT2D eigenvalue weighted by atomic mass is 16.5. The molecule has 1 atom stereocenters. The molecule has 1 amide bonds. The number of esters is 1. The highest BCUT2D eigenvalue weighted by Gasteiger charge is 2.17. The van der Waals surface area contributed by atoms with Gasteiger partial charge in [0.05, 0.1) is 13.7 Å². The van der Waals surface area contributed by atoms with Crippen LogP contribution in [0.3, 0.4) is 0 Å². The summed E-state index contributed by atoms with van der Waals surface area (Å²) in [7, 11) is 1.53. The monoisotopic (exact) mass is 411 g/mol. The van der Waals surface area contributed by atoms with E-state index in [1.54, 1.807) is 48.5 Å². The Morgan fingerprint density at radius 2 is 1.87 bits per heavy atom. The summed E-state index contributed by atoms with van der Waals surface area (Å²) in [4.78, 5) is 35.8. The third-order valence-corrected chi connectivity index (χ3v) is 4.10. The maximum absolute atomic E-state index is 12.3. The topological polar surface area (TPSA) is 90.9 Å². The number of ketones is 1. The predicted octanol–water partition coefficient (Wildman–Crippen LogP) is 3.88. The summed E-state index contributed by atoms with van der Waals surface area (Å²) in [5.41, 5.74) is 1.64. The maximum Gasteiger partial charge on any atom is 0.331 e. The van der Waals surface area contributed by atoms with E-state index in [1.807, 2.05) is 6.92 Å². The van der Waals surface area contributed by atoms with Gasteiger partial charge >= 0.3 is 5.97 Å². The summed E-state index contributed by atoms with van der Waals surface area (Å²) in [6.07, 6.45) is 1.77. The van der Waals surface area contributed by atoms with Crippen molar-refractivity contribution in [3.63, 3.8) is 0 Å². The molecule has 0 bridgehead atoms. The molecular weight excluding hydrogens is 386 g/mol. The molecule has 30 heavy (non-hydrogen) atoms. The SMILES string of the molecule is CCOc1ccc(/C=C/C(=O)O[C@H](C)C(=O)Nc2cccc(C(C)=O)c2)cc1OC. The normalized spacial score (nSPS) is 11.6. The van der Waals surface area contributed by atoms with Crippen LogP contribution in [-0.4, -0.2) is 37.5 Å². The molecule has 0 aliphatic heterocycles. The van der Waals surface area contributed by atoms with E-state index in [0.29, 0.717) is 34.9 Å². The van der Waals surface area contributed by atoms with Crippen molar-refractivity contribution in [1.82, 2.24) is 0 Å². The molecule has 0 radical (unpaired) electrons. The van der Waals surface area contributed by atoms with Crippen LogP contribution >= 0.6 is 0 Å². The number of hydrogen-bond donors (Lipinski definition) is 1. The van der Waals surface area contributed by atoms with E-state index in [1.165, 1.54) is 27.0 Å². The first-order valence-electron chi connectivity index (χ1n) is 9.45. The Balaban J connectivity index is 1.96. The van der Waals surface area contributed by atoms with E-state index < -0.39 is 18.0 Å². The molecular formula is C23H25NO6. The van der Waals surface area contributed by atoms with Crippen molar-refractivity contribution < 1.29 is 28.6 Å². The average Bonchev–Trinajstić information content (AvgIpc) is 2.73. The first kappa shape index (κ1) is 22.7. The number of methoxy groups -OCH3 is 1. The molecule has 2 aromatic rings. The molecule has 0 unspecified atom stereocenters. The quantitative estimate of drug-likeness (QED) is 0.383. The van der Waals surface area contributed by atoms with Crippen LogP contribution < -0.4 is 14.8 Å². The average molecular weight is 411 g/mol. The molecule has 0 heterocycles. The molecule has 0 aliphatic rings. The fourth-order valence-electron chi connectivity index (χ4n) is 2.55. The van der Waals surface area contributed by atoms with Crippen LogP contribution in [0.5, 0.6) is 11.5 Å². The molecule has 0 spiro atoms. The van der Waals surface area contributed by atoms with Gasteiger partial charge in [0, 0.05) is 17.3 Å². The number of ether oxygens (including phenoxy) is 3. The van der Waals surface area contributed by atoms with Gasteiger partial charge in [-0.25, -0.2) is 4.79 Å². The number of anilines is 1. The van der Waals surface area contributed by atoms with E-state index in [4.69, 9.17) is 14.2 Å². The van der Waals surface area contributed by atoms with Gasteiger partial charge in [0.25, 0.3) is 5.91 Å². The minimum atomic E-state index is -1.02. The molecule has 0 saturated carbocycles. The zero-order valence-electron chi connectivity index (χ0n) is 17.4. The third-order valence-electron chi connectivity index (χ3n) is 4.10. The predicted molar refractivity (Wildman–Crippen MR) is 114 cm³/mol. The number of rotatable bonds is 9. The van der Waals surface area contributed by atoms with Crippen LogP contribution in [0.2, 0.25) is 0 Å². The minimum absolute atomic E-state index is 0.110. The third kappa shape index (κ3) is 6.48. The van der Waals surface area contributed by atoms with Crippen LogP contribution in [0.4, 0.5) is 5.69 Å². The van der Waals surface area contributed by atoms with E-state index in [0.717, 1.165) is 0 Å². The Kier molecular flexibility index (Phi) is 8.17. The van der Waals surface area contributed by atoms with Crippen LogP contribution in [-0.2, 0) is 14.3 Å². The molecule has 0 aromatic heterocycles. The Morgan fingerprint density at radius 3 is 2.53 bits per heavy atom. The molecule has 0 aliphatic carbocycles. The lowest BCUT2D eigenvalue weighted by Crippen LogP contribution is -2.29. The second kappa shape index (κ2) is 10.8. The first-order chi connectivity index (χ1) is 14.3. The van der Waals surface area contributed by atoms with Gasteiger partial charge in [-0.2, -0.15) is 0 Å². The van der Waals surface area contributed by atoms with Crippen molar-refractivity contribution >= 4 is 29.4 Å². The van der Waals surface area contributed by atoms with Crippen molar-refractivity contribution in [3.05, 3.63) is 59.7 Å². The Hall–Kier alpha value is -3.61. The number of amides is 1. The van der Waals surface area contributed by atoms with Gasteiger partial charge < -0.3 is 19.5 Å². The van der Waals surface area contributed by atoms with E-state index in [9.17, 15) is 14.4 Å². The molecule has 1 N–H and O–H groups in total. The summed E-state index contributed by atoms with van der Waals surface area (Å²) >= 11 is 0. The fraction of sp³-hybridized carbons (Fsp3) is 0.261. The minimum Gasteiger partial charge on any atom is -0.493 e. The molecule has 158 valence electrons. The number of carbonyl (C=O) groups is 3. The molecule has 7 heteroatoms. The zero-order chi connectivity index (χ0) is 22.1. The molecule has 7 nitrogen and oxygen atoms in total. The van der Waals surface area contributed by atoms with Crippen LogP contribution in [0, 0.1) is 0 Å². The van der Waals surface area contributed by atoms with E-state index >= 15 is 0 Å². The number of hydrogen-bond acceptors (Lipinski definition) is 6. The highest BCUT2D eigenvalue weighted by molar-refractivity contribution is 5.99. The van der Waals surface area contributed by atoms with Crippen molar-refractivity contribution in [1.29, 1.82) is 0 Å². The standard InChI is InChI=1S/C23H25NO6/c1-5-29-20-11-9-17(13-21(20)28-4)10-12-22(26)30-16(3)23(27)24-19-8-6-7-18(14-19)15(2)25/h6-14,16H,5H2,1-4H3,(H,24,27)/b12-10+/t16-/m1/s1. The number of Topliss-reactive ketones (excluding diaryl/α,β-unsaturated/α-hetero) is 1. The number of nitrogens with one attached hydrogen (secondary N) is 1. The molecule has 0 saturated heterocycles. The van der Waals surface area contributed by atoms with Gasteiger partial charge in [-0.3, -0.25) is 9.59 Å². The lowest BCUT2D eigenvalue weighted by Gasteiger charge is -2.13. The Morgan fingerprint density at radius 1 is 1.10 bits per heavy atom. The summed E-state index contributed by atoms with van der Waals surface area (Å²) in [6, 6.07) is 11.8. The summed E-state index contributed by atoms with van der Waals surface area (Å²) in [6.45, 7) is 5.30. The largest absolute Gasteiger partial charge is 0.493 e. The zero-order valence-corrected chi connectivity index (χ0v) is 17.4. The smallest absolute Gasteiger partial charge is 0.331 e. The van der Waals surface area contributed by atoms with E-state index in [-0.39, 0.29) is 5.78 Å².